The van der Waals surface area contributed by atoms with Gasteiger partial charge in [-0.1, -0.05) is 91.0 Å². The van der Waals surface area contributed by atoms with Crippen LogP contribution in [0, 0.1) is 0 Å². The van der Waals surface area contributed by atoms with E-state index in [0.29, 0.717) is 0 Å². The molecule has 3 aromatic rings. The van der Waals surface area contributed by atoms with E-state index in [1.165, 1.54) is 0 Å². The van der Waals surface area contributed by atoms with Crippen molar-refractivity contribution in [2.75, 3.05) is 6.61 Å². The number of hydrogen-bond acceptors (Lipinski definition) is 6. The minimum Gasteiger partial charge on any atom is -0.385 e. The summed E-state index contributed by atoms with van der Waals surface area (Å²) in [5.74, 6) is 0. The second kappa shape index (κ2) is 13.5. The lowest BCUT2D eigenvalue weighted by atomic mass is 9.98. The van der Waals surface area contributed by atoms with Gasteiger partial charge in [0.2, 0.25) is 0 Å². The largest absolute Gasteiger partial charge is 0.416 e. The first kappa shape index (κ1) is 27.8. The zero-order chi connectivity index (χ0) is 26.1. The second-order valence-electron chi connectivity index (χ2n) is 8.62. The fraction of sp³-hybridized carbons (Fsp3) is 0.357. The smallest absolute Gasteiger partial charge is 0.385 e. The van der Waals surface area contributed by atoms with E-state index in [1.54, 1.807) is 0 Å². The number of ether oxygens (including phenoxy) is 5. The Hall–Kier alpha value is -2.24. The zero-order valence-corrected chi connectivity index (χ0v) is 21.6. The topological polar surface area (TPSA) is 66.4 Å². The van der Waals surface area contributed by atoms with Gasteiger partial charge in [-0.3, -0.25) is 4.74 Å². The van der Waals surface area contributed by atoms with Crippen LogP contribution in [0.2, 0.25) is 0 Å². The van der Waals surface area contributed by atoms with Gasteiger partial charge in [-0.15, -0.1) is 0 Å². The van der Waals surface area contributed by atoms with Crippen LogP contribution in [0.5, 0.6) is 0 Å². The average molecular weight is 579 g/mol. The third-order valence-electron chi connectivity index (χ3n) is 5.83. The molecule has 0 bridgehead atoms. The summed E-state index contributed by atoms with van der Waals surface area (Å²) in [6.45, 7) is 0.606. The molecule has 0 aromatic heterocycles. The third kappa shape index (κ3) is 8.65. The molecule has 0 aliphatic carbocycles. The highest BCUT2D eigenvalue weighted by Gasteiger charge is 2.50. The predicted octanol–water partition coefficient (Wildman–Crippen LogP) is 5.42. The Labute approximate surface area is 223 Å². The predicted molar refractivity (Wildman–Crippen MR) is 136 cm³/mol. The molecule has 1 heterocycles. The van der Waals surface area contributed by atoms with E-state index in [4.69, 9.17) is 23.7 Å². The maximum Gasteiger partial charge on any atom is 0.416 e. The Morgan fingerprint density at radius 1 is 0.730 bits per heavy atom. The Kier molecular flexibility index (Phi) is 10.2. The van der Waals surface area contributed by atoms with Gasteiger partial charge in [0.05, 0.1) is 26.4 Å². The Bertz CT molecular complexity index is 1050. The van der Waals surface area contributed by atoms with Gasteiger partial charge in [0.1, 0.15) is 24.4 Å². The lowest BCUT2D eigenvalue weighted by molar-refractivity contribution is -0.357. The fourth-order valence-corrected chi connectivity index (χ4v) is 4.23. The maximum absolute atomic E-state index is 13.7. The second-order valence-corrected chi connectivity index (χ2v) is 9.54. The molecule has 37 heavy (non-hydrogen) atoms. The van der Waals surface area contributed by atoms with Crippen molar-refractivity contribution in [1.29, 1.82) is 0 Å². The average Bonchev–Trinajstić information content (AvgIpc) is 2.90. The van der Waals surface area contributed by atoms with Gasteiger partial charge < -0.3 is 24.1 Å². The summed E-state index contributed by atoms with van der Waals surface area (Å²) < 4.78 is 56.1. The Morgan fingerprint density at radius 3 is 1.68 bits per heavy atom. The first-order chi connectivity index (χ1) is 17.9. The minimum absolute atomic E-state index is 0.0000151. The molecule has 198 valence electrons. The van der Waals surface area contributed by atoms with Crippen LogP contribution < -0.4 is 0 Å². The van der Waals surface area contributed by atoms with Crippen molar-refractivity contribution in [1.82, 2.24) is 0 Å². The number of hydrogen-bond donors (Lipinski definition) is 1. The summed E-state index contributed by atoms with van der Waals surface area (Å²) in [6, 6.07) is 28.3. The summed E-state index contributed by atoms with van der Waals surface area (Å²) in [5, 5.41) is 7.30. The molecule has 1 aliphatic rings. The minimum atomic E-state index is -3.71. The maximum atomic E-state index is 13.7. The highest BCUT2D eigenvalue weighted by atomic mass is 79.9. The molecule has 0 unspecified atom stereocenters. The molecular weight excluding hydrogens is 550 g/mol. The van der Waals surface area contributed by atoms with E-state index >= 15 is 0 Å². The molecule has 1 N–H and O–H groups in total. The van der Waals surface area contributed by atoms with Crippen molar-refractivity contribution in [2.45, 2.75) is 55.5 Å². The van der Waals surface area contributed by atoms with Crippen molar-refractivity contribution in [2.24, 2.45) is 0 Å². The van der Waals surface area contributed by atoms with E-state index in [0.717, 1.165) is 16.7 Å². The van der Waals surface area contributed by atoms with Gasteiger partial charge in [-0.05, 0) is 16.7 Å². The molecule has 9 heteroatoms. The Balaban J connectivity index is 1.54. The van der Waals surface area contributed by atoms with Crippen LogP contribution >= 0.6 is 15.9 Å². The summed E-state index contributed by atoms with van der Waals surface area (Å²) in [6.07, 6.45) is -5.98. The molecule has 5 atom stereocenters. The number of halogens is 3. The van der Waals surface area contributed by atoms with E-state index in [2.05, 4.69) is 15.9 Å². The number of aliphatic hydroxyl groups excluding tert-OH is 1. The normalized spacial score (nSPS) is 24.2. The van der Waals surface area contributed by atoms with Crippen LogP contribution in [0.1, 0.15) is 16.7 Å². The van der Waals surface area contributed by atoms with Crippen LogP contribution in [0.4, 0.5) is 8.78 Å². The molecule has 1 fully saturated rings. The van der Waals surface area contributed by atoms with Crippen molar-refractivity contribution >= 4 is 15.9 Å². The molecular formula is C28H29BrF2O6. The van der Waals surface area contributed by atoms with Crippen LogP contribution in [0.3, 0.4) is 0 Å². The van der Waals surface area contributed by atoms with E-state index < -0.39 is 35.7 Å². The molecule has 4 rings (SSSR count). The number of rotatable bonds is 12. The lowest BCUT2D eigenvalue weighted by Crippen LogP contribution is -2.61. The summed E-state index contributed by atoms with van der Waals surface area (Å²) in [7, 11) is 0. The zero-order valence-electron chi connectivity index (χ0n) is 20.0. The monoisotopic (exact) mass is 578 g/mol. The van der Waals surface area contributed by atoms with Crippen molar-refractivity contribution < 1.29 is 37.6 Å². The van der Waals surface area contributed by atoms with Gasteiger partial charge in [0.15, 0.2) is 6.29 Å². The van der Waals surface area contributed by atoms with E-state index in [-0.39, 0.29) is 26.4 Å². The van der Waals surface area contributed by atoms with Crippen molar-refractivity contribution in [3.05, 3.63) is 108 Å². The van der Waals surface area contributed by atoms with E-state index in [9.17, 15) is 13.9 Å². The summed E-state index contributed by atoms with van der Waals surface area (Å²) >= 11 is 2.17. The number of aliphatic hydroxyl groups is 1. The highest BCUT2D eigenvalue weighted by Crippen LogP contribution is 2.34. The Morgan fingerprint density at radius 2 is 1.19 bits per heavy atom. The van der Waals surface area contributed by atoms with Crippen LogP contribution in [-0.2, 0) is 43.5 Å². The highest BCUT2D eigenvalue weighted by molar-refractivity contribution is 9.09. The summed E-state index contributed by atoms with van der Waals surface area (Å²) in [4.78, 5) is 0. The van der Waals surface area contributed by atoms with Gasteiger partial charge >= 0.3 is 5.02 Å². The lowest BCUT2D eigenvalue weighted by Gasteiger charge is -2.44. The molecule has 1 aliphatic heterocycles. The van der Waals surface area contributed by atoms with Gasteiger partial charge in [0.25, 0.3) is 0 Å². The van der Waals surface area contributed by atoms with Gasteiger partial charge in [-0.25, -0.2) is 0 Å². The molecule has 0 spiro atoms. The first-order valence-electron chi connectivity index (χ1n) is 11.9. The van der Waals surface area contributed by atoms with Gasteiger partial charge in [0, 0.05) is 15.9 Å². The van der Waals surface area contributed by atoms with Crippen LogP contribution in [0.25, 0.3) is 0 Å². The van der Waals surface area contributed by atoms with Crippen molar-refractivity contribution in [3.8, 4) is 0 Å². The standard InChI is InChI=1S/C28H29BrF2O6/c29-28(30,31)37-27-24(32)26(35-18-22-14-8-3-9-15-22)25(34-17-21-12-6-2-7-13-21)23(36-27)19-33-16-20-10-4-1-5-11-20/h1-15,23-27,32H,16-19H2/t23-,24+,25+,26-,27-/m1/s1. The molecule has 0 saturated carbocycles. The molecule has 0 radical (unpaired) electrons. The van der Waals surface area contributed by atoms with Crippen LogP contribution in [-0.4, -0.2) is 47.4 Å². The van der Waals surface area contributed by atoms with E-state index in [1.807, 2.05) is 91.0 Å². The molecule has 6 nitrogen and oxygen atoms in total. The number of benzene rings is 3. The molecule has 1 saturated heterocycles. The van der Waals surface area contributed by atoms with Gasteiger partial charge in [-0.2, -0.15) is 8.78 Å². The van der Waals surface area contributed by atoms with Crippen molar-refractivity contribution in [3.63, 3.8) is 0 Å². The third-order valence-corrected chi connectivity index (χ3v) is 6.02. The first-order valence-corrected chi connectivity index (χ1v) is 12.7. The SMILES string of the molecule is O[C@@H]1[C@@H](OC(F)(F)Br)O[C@H](COCc2ccccc2)[C@H](OCc2ccccc2)[C@@H]1OCc1ccccc1. The molecule has 0 amide bonds. The fourth-order valence-electron chi connectivity index (χ4n) is 4.05. The number of alkyl halides is 3. The summed E-state index contributed by atoms with van der Waals surface area (Å²) in [5.41, 5.74) is 2.69. The quantitative estimate of drug-likeness (QED) is 0.289. The molecule has 3 aromatic carbocycles. The van der Waals surface area contributed by atoms with Crippen LogP contribution in [0.15, 0.2) is 91.0 Å².